The van der Waals surface area contributed by atoms with Gasteiger partial charge in [-0.15, -0.1) is 0 Å². The average molecular weight is 239 g/mol. The van der Waals surface area contributed by atoms with E-state index in [0.29, 0.717) is 5.25 Å². The molecule has 0 saturated carbocycles. The Hall–Kier alpha value is -0.710. The van der Waals surface area contributed by atoms with Crippen molar-refractivity contribution in [3.8, 4) is 5.75 Å². The van der Waals surface area contributed by atoms with Crippen LogP contribution >= 0.6 is 11.8 Å². The van der Waals surface area contributed by atoms with Crippen molar-refractivity contribution in [1.29, 1.82) is 0 Å². The van der Waals surface area contributed by atoms with Gasteiger partial charge in [-0.3, -0.25) is 0 Å². The lowest BCUT2D eigenvalue weighted by atomic mass is 10.1. The molecule has 0 saturated heterocycles. The van der Waals surface area contributed by atoms with Gasteiger partial charge in [-0.25, -0.2) is 0 Å². The van der Waals surface area contributed by atoms with E-state index in [1.807, 2.05) is 12.1 Å². The summed E-state index contributed by atoms with van der Waals surface area (Å²) in [5.41, 5.74) is 8.70. The summed E-state index contributed by atoms with van der Waals surface area (Å²) in [5, 5.41) is 9.21. The number of aliphatic hydroxyl groups excluding tert-OH is 1. The lowest BCUT2D eigenvalue weighted by Gasteiger charge is -2.14. The molecule has 4 heteroatoms. The summed E-state index contributed by atoms with van der Waals surface area (Å²) in [6.07, 6.45) is 0.991. The second-order valence-electron chi connectivity index (χ2n) is 3.93. The van der Waals surface area contributed by atoms with Crippen molar-refractivity contribution in [3.63, 3.8) is 0 Å². The molecular formula is C12H17NO2S. The van der Waals surface area contributed by atoms with Crippen LogP contribution in [0.5, 0.6) is 5.75 Å². The predicted molar refractivity (Wildman–Crippen MR) is 67.0 cm³/mol. The van der Waals surface area contributed by atoms with Crippen molar-refractivity contribution in [2.45, 2.75) is 17.7 Å². The van der Waals surface area contributed by atoms with Crippen molar-refractivity contribution < 1.29 is 9.84 Å². The number of thioether (sulfide) groups is 1. The van der Waals surface area contributed by atoms with Gasteiger partial charge in [0.25, 0.3) is 0 Å². The number of aliphatic hydroxyl groups is 1. The zero-order valence-corrected chi connectivity index (χ0v) is 10.2. The van der Waals surface area contributed by atoms with Gasteiger partial charge in [-0.1, -0.05) is 6.07 Å². The fraction of sp³-hybridized carbons (Fsp3) is 0.500. The fourth-order valence-electron chi connectivity index (χ4n) is 2.11. The highest BCUT2D eigenvalue weighted by Gasteiger charge is 2.29. The molecule has 2 unspecified atom stereocenters. The Morgan fingerprint density at radius 1 is 1.56 bits per heavy atom. The van der Waals surface area contributed by atoms with Crippen molar-refractivity contribution in [2.24, 2.45) is 5.73 Å². The van der Waals surface area contributed by atoms with E-state index in [4.69, 9.17) is 15.6 Å². The van der Waals surface area contributed by atoms with Crippen LogP contribution in [0.4, 0.5) is 0 Å². The maximum atomic E-state index is 8.83. The number of hydrogen-bond donors (Lipinski definition) is 2. The molecular weight excluding hydrogens is 222 g/mol. The van der Waals surface area contributed by atoms with E-state index in [2.05, 4.69) is 6.07 Å². The molecule has 0 aliphatic heterocycles. The first-order valence-electron chi connectivity index (χ1n) is 5.41. The Morgan fingerprint density at radius 2 is 2.38 bits per heavy atom. The third kappa shape index (κ3) is 2.19. The van der Waals surface area contributed by atoms with Gasteiger partial charge in [0.15, 0.2) is 0 Å². The highest BCUT2D eigenvalue weighted by Crippen LogP contribution is 2.38. The van der Waals surface area contributed by atoms with E-state index in [-0.39, 0.29) is 12.6 Å². The third-order valence-corrected chi connectivity index (χ3v) is 4.26. The molecule has 1 aliphatic rings. The molecule has 0 radical (unpaired) electrons. The Labute approximate surface area is 100.0 Å². The Balaban J connectivity index is 2.14. The maximum Gasteiger partial charge on any atom is 0.119 e. The highest BCUT2D eigenvalue weighted by molar-refractivity contribution is 7.99. The van der Waals surface area contributed by atoms with Gasteiger partial charge in [0, 0.05) is 17.0 Å². The number of hydrogen-bond acceptors (Lipinski definition) is 4. The molecule has 1 aromatic rings. The lowest BCUT2D eigenvalue weighted by Crippen LogP contribution is -2.19. The second kappa shape index (κ2) is 5.08. The first kappa shape index (κ1) is 11.8. The van der Waals surface area contributed by atoms with E-state index in [9.17, 15) is 0 Å². The van der Waals surface area contributed by atoms with Crippen LogP contribution in [0, 0.1) is 0 Å². The van der Waals surface area contributed by atoms with Gasteiger partial charge in [-0.05, 0) is 29.7 Å². The zero-order chi connectivity index (χ0) is 11.5. The van der Waals surface area contributed by atoms with Gasteiger partial charge >= 0.3 is 0 Å². The molecule has 0 spiro atoms. The van der Waals surface area contributed by atoms with Crippen LogP contribution in [0.1, 0.15) is 17.2 Å². The van der Waals surface area contributed by atoms with Crippen LogP contribution in [0.3, 0.4) is 0 Å². The van der Waals surface area contributed by atoms with E-state index in [0.717, 1.165) is 17.9 Å². The van der Waals surface area contributed by atoms with Crippen molar-refractivity contribution in [3.05, 3.63) is 29.3 Å². The lowest BCUT2D eigenvalue weighted by molar-refractivity contribution is 0.322. The van der Waals surface area contributed by atoms with E-state index < -0.39 is 0 Å². The Bertz CT molecular complexity index is 370. The van der Waals surface area contributed by atoms with Crippen LogP contribution in [-0.2, 0) is 6.42 Å². The maximum absolute atomic E-state index is 8.83. The quantitative estimate of drug-likeness (QED) is 0.832. The summed E-state index contributed by atoms with van der Waals surface area (Å²) < 4.78 is 5.20. The van der Waals surface area contributed by atoms with Crippen molar-refractivity contribution in [1.82, 2.24) is 0 Å². The minimum absolute atomic E-state index is 0.0571. The van der Waals surface area contributed by atoms with E-state index >= 15 is 0 Å². The fourth-order valence-corrected chi connectivity index (χ4v) is 3.17. The monoisotopic (exact) mass is 239 g/mol. The first-order valence-corrected chi connectivity index (χ1v) is 6.46. The first-order chi connectivity index (χ1) is 7.76. The summed E-state index contributed by atoms with van der Waals surface area (Å²) in [4.78, 5) is 0. The van der Waals surface area contributed by atoms with Gasteiger partial charge in [0.2, 0.25) is 0 Å². The van der Waals surface area contributed by atoms with Crippen LogP contribution in [0.15, 0.2) is 18.2 Å². The minimum atomic E-state index is 0.0571. The molecule has 0 aromatic heterocycles. The normalized spacial score (nSPS) is 23.2. The smallest absolute Gasteiger partial charge is 0.119 e. The minimum Gasteiger partial charge on any atom is -0.497 e. The van der Waals surface area contributed by atoms with Gasteiger partial charge in [0.1, 0.15) is 5.75 Å². The summed E-state index contributed by atoms with van der Waals surface area (Å²) in [6, 6.07) is 6.15. The Kier molecular flexibility index (Phi) is 3.74. The number of fused-ring (bicyclic) bond motifs is 1. The van der Waals surface area contributed by atoms with Crippen LogP contribution < -0.4 is 10.5 Å². The Morgan fingerprint density at radius 3 is 3.06 bits per heavy atom. The zero-order valence-electron chi connectivity index (χ0n) is 9.35. The number of methoxy groups -OCH3 is 1. The number of rotatable bonds is 4. The van der Waals surface area contributed by atoms with Crippen LogP contribution in [0.25, 0.3) is 0 Å². The number of benzene rings is 1. The molecule has 2 atom stereocenters. The van der Waals surface area contributed by atoms with Gasteiger partial charge in [-0.2, -0.15) is 11.8 Å². The summed E-state index contributed by atoms with van der Waals surface area (Å²) >= 11 is 1.75. The predicted octanol–water partition coefficient (Wildman–Crippen LogP) is 1.35. The van der Waals surface area contributed by atoms with Crippen LogP contribution in [0.2, 0.25) is 0 Å². The average Bonchev–Trinajstić information content (AvgIpc) is 2.63. The van der Waals surface area contributed by atoms with Crippen molar-refractivity contribution >= 4 is 11.8 Å². The molecule has 1 aromatic carbocycles. The largest absolute Gasteiger partial charge is 0.497 e. The molecule has 88 valence electrons. The van der Waals surface area contributed by atoms with Gasteiger partial charge in [0.05, 0.1) is 13.7 Å². The number of ether oxygens (including phenoxy) is 1. The van der Waals surface area contributed by atoms with Crippen molar-refractivity contribution in [2.75, 3.05) is 19.5 Å². The summed E-state index contributed by atoms with van der Waals surface area (Å²) in [6.45, 7) is 0.216. The number of nitrogens with two attached hydrogens (primary N) is 1. The molecule has 0 heterocycles. The SMILES string of the molecule is COc1ccc2c(c1)C(N)C(SCCO)C2. The summed E-state index contributed by atoms with van der Waals surface area (Å²) in [5.74, 6) is 1.62. The molecule has 0 fully saturated rings. The highest BCUT2D eigenvalue weighted by atomic mass is 32.2. The van der Waals surface area contributed by atoms with Crippen LogP contribution in [-0.4, -0.2) is 29.8 Å². The molecule has 3 N–H and O–H groups in total. The molecule has 2 rings (SSSR count). The third-order valence-electron chi connectivity index (χ3n) is 2.96. The molecule has 3 nitrogen and oxygen atoms in total. The molecule has 16 heavy (non-hydrogen) atoms. The topological polar surface area (TPSA) is 55.5 Å². The molecule has 1 aliphatic carbocycles. The summed E-state index contributed by atoms with van der Waals surface area (Å²) in [7, 11) is 1.67. The second-order valence-corrected chi connectivity index (χ2v) is 5.27. The standard InChI is InChI=1S/C12H17NO2S/c1-15-9-3-2-8-6-11(16-5-4-14)12(13)10(8)7-9/h2-3,7,11-12,14H,4-6,13H2,1H3. The van der Waals surface area contributed by atoms with Gasteiger partial charge < -0.3 is 15.6 Å². The molecule has 0 bridgehead atoms. The van der Waals surface area contributed by atoms with E-state index in [1.165, 1.54) is 11.1 Å². The molecule has 0 amide bonds. The van der Waals surface area contributed by atoms with E-state index in [1.54, 1.807) is 18.9 Å².